The minimum absolute atomic E-state index is 0.250. The molecule has 0 amide bonds. The van der Waals surface area contributed by atoms with Crippen molar-refractivity contribution in [2.75, 3.05) is 4.72 Å². The zero-order valence-corrected chi connectivity index (χ0v) is 14.9. The quantitative estimate of drug-likeness (QED) is 0.710. The molecule has 0 saturated heterocycles. The van der Waals surface area contributed by atoms with Crippen LogP contribution < -0.4 is 9.46 Å². The molecule has 3 aromatic rings. The molecule has 0 radical (unpaired) electrons. The van der Waals surface area contributed by atoms with Gasteiger partial charge in [-0.2, -0.15) is 0 Å². The highest BCUT2D eigenvalue weighted by molar-refractivity contribution is 7.92. The van der Waals surface area contributed by atoms with Crippen LogP contribution in [0.25, 0.3) is 0 Å². The lowest BCUT2D eigenvalue weighted by Gasteiger charge is -2.11. The van der Waals surface area contributed by atoms with E-state index in [0.717, 1.165) is 16.9 Å². The Morgan fingerprint density at radius 3 is 2.04 bits per heavy atom. The summed E-state index contributed by atoms with van der Waals surface area (Å²) in [6.07, 6.45) is 0. The molecule has 4 nitrogen and oxygen atoms in total. The molecule has 0 aromatic heterocycles. The van der Waals surface area contributed by atoms with Crippen LogP contribution >= 0.6 is 0 Å². The number of anilines is 1. The Kier molecular flexibility index (Phi) is 4.76. The predicted molar refractivity (Wildman–Crippen MR) is 99.7 cm³/mol. The van der Waals surface area contributed by atoms with Gasteiger partial charge in [0.15, 0.2) is 0 Å². The van der Waals surface area contributed by atoms with Gasteiger partial charge >= 0.3 is 0 Å². The van der Waals surface area contributed by atoms with Gasteiger partial charge in [0.1, 0.15) is 11.5 Å². The summed E-state index contributed by atoms with van der Waals surface area (Å²) in [5, 5.41) is 0. The second-order valence-corrected chi connectivity index (χ2v) is 7.47. The molecule has 0 aliphatic heterocycles. The van der Waals surface area contributed by atoms with Crippen LogP contribution in [0, 0.1) is 13.8 Å². The highest BCUT2D eigenvalue weighted by Gasteiger charge is 2.14. The number of rotatable bonds is 5. The van der Waals surface area contributed by atoms with Crippen LogP contribution in [0.3, 0.4) is 0 Å². The maximum atomic E-state index is 12.5. The van der Waals surface area contributed by atoms with E-state index in [1.54, 1.807) is 42.5 Å². The lowest BCUT2D eigenvalue weighted by Crippen LogP contribution is -2.13. The van der Waals surface area contributed by atoms with Crippen LogP contribution in [-0.4, -0.2) is 8.42 Å². The second kappa shape index (κ2) is 6.99. The van der Waals surface area contributed by atoms with Gasteiger partial charge in [0.25, 0.3) is 10.0 Å². The average molecular weight is 353 g/mol. The SMILES string of the molecule is Cc1ccc(S(=O)(=O)Nc2ccc(Oc3ccccc3)cc2)cc1C. The third-order valence-electron chi connectivity index (χ3n) is 3.87. The van der Waals surface area contributed by atoms with Crippen LogP contribution in [0.5, 0.6) is 11.5 Å². The van der Waals surface area contributed by atoms with Crippen molar-refractivity contribution in [3.05, 3.63) is 83.9 Å². The van der Waals surface area contributed by atoms with Crippen molar-refractivity contribution in [2.45, 2.75) is 18.7 Å². The van der Waals surface area contributed by atoms with Gasteiger partial charge in [-0.3, -0.25) is 4.72 Å². The summed E-state index contributed by atoms with van der Waals surface area (Å²) in [5.41, 5.74) is 2.48. The van der Waals surface area contributed by atoms with Crippen LogP contribution in [0.15, 0.2) is 77.7 Å². The zero-order valence-electron chi connectivity index (χ0n) is 14.1. The fourth-order valence-corrected chi connectivity index (χ4v) is 3.45. The molecule has 0 atom stereocenters. The van der Waals surface area contributed by atoms with Crippen molar-refractivity contribution in [2.24, 2.45) is 0 Å². The molecule has 0 heterocycles. The van der Waals surface area contributed by atoms with Gasteiger partial charge in [-0.1, -0.05) is 24.3 Å². The molecule has 1 N–H and O–H groups in total. The Morgan fingerprint density at radius 2 is 1.40 bits per heavy atom. The van der Waals surface area contributed by atoms with Gasteiger partial charge < -0.3 is 4.74 Å². The van der Waals surface area contributed by atoms with Gasteiger partial charge in [-0.25, -0.2) is 8.42 Å². The van der Waals surface area contributed by atoms with Crippen molar-refractivity contribution in [1.29, 1.82) is 0 Å². The summed E-state index contributed by atoms with van der Waals surface area (Å²) >= 11 is 0. The predicted octanol–water partition coefficient (Wildman–Crippen LogP) is 4.90. The third-order valence-corrected chi connectivity index (χ3v) is 5.25. The minimum Gasteiger partial charge on any atom is -0.457 e. The molecule has 0 spiro atoms. The van der Waals surface area contributed by atoms with Gasteiger partial charge in [0, 0.05) is 5.69 Å². The lowest BCUT2D eigenvalue weighted by atomic mass is 10.1. The summed E-state index contributed by atoms with van der Waals surface area (Å²) in [7, 11) is -3.62. The number of ether oxygens (including phenoxy) is 1. The molecule has 5 heteroatoms. The molecule has 25 heavy (non-hydrogen) atoms. The zero-order chi connectivity index (χ0) is 17.9. The topological polar surface area (TPSA) is 55.4 Å². The summed E-state index contributed by atoms with van der Waals surface area (Å²) in [6.45, 7) is 3.84. The first-order chi connectivity index (χ1) is 11.9. The molecular formula is C20H19NO3S. The van der Waals surface area contributed by atoms with Crippen molar-refractivity contribution in [3.63, 3.8) is 0 Å². The lowest BCUT2D eigenvalue weighted by molar-refractivity contribution is 0.483. The Labute approximate surface area is 148 Å². The van der Waals surface area contributed by atoms with Gasteiger partial charge in [0.05, 0.1) is 4.90 Å². The first-order valence-corrected chi connectivity index (χ1v) is 9.35. The summed E-state index contributed by atoms with van der Waals surface area (Å²) in [4.78, 5) is 0.250. The van der Waals surface area contributed by atoms with Crippen molar-refractivity contribution in [1.82, 2.24) is 0 Å². The number of sulfonamides is 1. The number of para-hydroxylation sites is 1. The molecule has 0 aliphatic carbocycles. The smallest absolute Gasteiger partial charge is 0.261 e. The van der Waals surface area contributed by atoms with E-state index in [9.17, 15) is 8.42 Å². The summed E-state index contributed by atoms with van der Waals surface area (Å²) in [6, 6.07) is 21.3. The van der Waals surface area contributed by atoms with Gasteiger partial charge in [0.2, 0.25) is 0 Å². The number of hydrogen-bond donors (Lipinski definition) is 1. The molecule has 0 aliphatic rings. The molecule has 0 bridgehead atoms. The first-order valence-electron chi connectivity index (χ1n) is 7.87. The van der Waals surface area contributed by atoms with E-state index in [2.05, 4.69) is 4.72 Å². The minimum atomic E-state index is -3.62. The summed E-state index contributed by atoms with van der Waals surface area (Å²) < 4.78 is 33.3. The van der Waals surface area contributed by atoms with Crippen molar-refractivity contribution >= 4 is 15.7 Å². The van der Waals surface area contributed by atoms with E-state index >= 15 is 0 Å². The third kappa shape index (κ3) is 4.19. The van der Waals surface area contributed by atoms with Crippen LogP contribution in [-0.2, 0) is 10.0 Å². The molecule has 3 aromatic carbocycles. The largest absolute Gasteiger partial charge is 0.457 e. The summed E-state index contributed by atoms with van der Waals surface area (Å²) in [5.74, 6) is 1.37. The monoisotopic (exact) mass is 353 g/mol. The number of aryl methyl sites for hydroxylation is 2. The second-order valence-electron chi connectivity index (χ2n) is 5.79. The molecular weight excluding hydrogens is 334 g/mol. The fraction of sp³-hybridized carbons (Fsp3) is 0.100. The Hall–Kier alpha value is -2.79. The number of hydrogen-bond acceptors (Lipinski definition) is 3. The van der Waals surface area contributed by atoms with E-state index in [1.807, 2.05) is 44.2 Å². The maximum absolute atomic E-state index is 12.5. The average Bonchev–Trinajstić information content (AvgIpc) is 2.60. The molecule has 0 saturated carbocycles. The van der Waals surface area contributed by atoms with Crippen molar-refractivity contribution in [3.8, 4) is 11.5 Å². The molecule has 0 unspecified atom stereocenters. The number of nitrogens with one attached hydrogen (secondary N) is 1. The first kappa shape index (κ1) is 17.0. The fourth-order valence-electron chi connectivity index (χ4n) is 2.31. The molecule has 0 fully saturated rings. The molecule has 128 valence electrons. The standard InChI is InChI=1S/C20H19NO3S/c1-15-8-13-20(14-16(15)2)25(22,23)21-17-9-11-19(12-10-17)24-18-6-4-3-5-7-18/h3-14,21H,1-2H3. The Balaban J connectivity index is 1.75. The van der Waals surface area contributed by atoms with Crippen LogP contribution in [0.4, 0.5) is 5.69 Å². The van der Waals surface area contributed by atoms with Gasteiger partial charge in [-0.15, -0.1) is 0 Å². The number of benzene rings is 3. The normalized spacial score (nSPS) is 11.1. The molecule has 3 rings (SSSR count). The van der Waals surface area contributed by atoms with E-state index < -0.39 is 10.0 Å². The van der Waals surface area contributed by atoms with E-state index in [4.69, 9.17) is 4.74 Å². The van der Waals surface area contributed by atoms with E-state index in [0.29, 0.717) is 11.4 Å². The van der Waals surface area contributed by atoms with Crippen LogP contribution in [0.2, 0.25) is 0 Å². The Bertz CT molecular complexity index is 966. The maximum Gasteiger partial charge on any atom is 0.261 e. The van der Waals surface area contributed by atoms with Crippen molar-refractivity contribution < 1.29 is 13.2 Å². The Morgan fingerprint density at radius 1 is 0.760 bits per heavy atom. The highest BCUT2D eigenvalue weighted by atomic mass is 32.2. The highest BCUT2D eigenvalue weighted by Crippen LogP contribution is 2.24. The van der Waals surface area contributed by atoms with Gasteiger partial charge in [-0.05, 0) is 73.5 Å². The van der Waals surface area contributed by atoms with E-state index in [1.165, 1.54) is 0 Å². The van der Waals surface area contributed by atoms with Crippen LogP contribution in [0.1, 0.15) is 11.1 Å². The van der Waals surface area contributed by atoms with E-state index in [-0.39, 0.29) is 4.90 Å².